The smallest absolute Gasteiger partial charge is 0.241 e. The van der Waals surface area contributed by atoms with Gasteiger partial charge in [0.1, 0.15) is 5.69 Å². The van der Waals surface area contributed by atoms with E-state index < -0.39 is 0 Å². The minimum absolute atomic E-state index is 0.0898. The molecule has 3 aliphatic heterocycles. The fourth-order valence-electron chi connectivity index (χ4n) is 5.15. The van der Waals surface area contributed by atoms with Gasteiger partial charge in [0.15, 0.2) is 11.7 Å². The molecule has 0 saturated carbocycles. The number of fused-ring (bicyclic) bond motifs is 6. The molecule has 4 heteroatoms. The molecule has 2 aromatic carbocycles. The van der Waals surface area contributed by atoms with Crippen molar-refractivity contribution < 1.29 is 4.57 Å². The molecule has 6 heterocycles. The van der Waals surface area contributed by atoms with Crippen molar-refractivity contribution in [3.05, 3.63) is 72.1 Å². The van der Waals surface area contributed by atoms with Gasteiger partial charge in [-0.2, -0.15) is 4.57 Å². The molecule has 138 valence electrons. The molecule has 0 amide bonds. The first-order chi connectivity index (χ1) is 14.3. The number of aromatic nitrogens is 3. The van der Waals surface area contributed by atoms with Gasteiger partial charge in [-0.3, -0.25) is 0 Å². The highest BCUT2D eigenvalue weighted by molar-refractivity contribution is 7.25. The van der Waals surface area contributed by atoms with E-state index >= 15 is 0 Å². The van der Waals surface area contributed by atoms with Crippen LogP contribution >= 0.6 is 11.3 Å². The molecular weight excluding hydrogens is 374 g/mol. The molecule has 8 rings (SSSR count). The van der Waals surface area contributed by atoms with Crippen LogP contribution in [0.3, 0.4) is 0 Å². The summed E-state index contributed by atoms with van der Waals surface area (Å²) in [5.74, 6) is 0. The lowest BCUT2D eigenvalue weighted by Gasteiger charge is -2.30. The highest BCUT2D eigenvalue weighted by Crippen LogP contribution is 2.46. The van der Waals surface area contributed by atoms with Gasteiger partial charge in [-0.25, -0.2) is 4.98 Å². The predicted molar refractivity (Wildman–Crippen MR) is 119 cm³/mol. The summed E-state index contributed by atoms with van der Waals surface area (Å²) in [6.07, 6.45) is 8.47. The Bertz CT molecular complexity index is 1530. The summed E-state index contributed by atoms with van der Waals surface area (Å²) in [6, 6.07) is 17.9. The zero-order valence-corrected chi connectivity index (χ0v) is 16.8. The van der Waals surface area contributed by atoms with Crippen LogP contribution in [0.4, 0.5) is 0 Å². The zero-order chi connectivity index (χ0) is 19.2. The quantitative estimate of drug-likeness (QED) is 0.346. The van der Waals surface area contributed by atoms with Crippen LogP contribution in [0.25, 0.3) is 48.8 Å². The topological polar surface area (TPSA) is 29.7 Å². The van der Waals surface area contributed by atoms with Gasteiger partial charge in [-0.05, 0) is 53.4 Å². The summed E-state index contributed by atoms with van der Waals surface area (Å²) in [7, 11) is 0. The highest BCUT2D eigenvalue weighted by Gasteiger charge is 2.38. The molecule has 0 radical (unpaired) electrons. The molecule has 0 saturated heterocycles. The fourth-order valence-corrected chi connectivity index (χ4v) is 6.28. The number of nitrogens with zero attached hydrogens (tertiary/aromatic N) is 3. The van der Waals surface area contributed by atoms with Crippen LogP contribution in [-0.2, 0) is 11.8 Å². The summed E-state index contributed by atoms with van der Waals surface area (Å²) >= 11 is 1.88. The second-order valence-corrected chi connectivity index (χ2v) is 9.24. The molecule has 3 aromatic heterocycles. The van der Waals surface area contributed by atoms with Gasteiger partial charge in [0.05, 0.1) is 11.9 Å². The zero-order valence-electron chi connectivity index (χ0n) is 16.0. The number of rotatable bonds is 1. The van der Waals surface area contributed by atoms with Crippen LogP contribution in [0.2, 0.25) is 0 Å². The van der Waals surface area contributed by atoms with Crippen molar-refractivity contribution in [1.29, 1.82) is 0 Å². The van der Waals surface area contributed by atoms with E-state index in [-0.39, 0.29) is 5.41 Å². The van der Waals surface area contributed by atoms with Crippen LogP contribution in [0.1, 0.15) is 24.6 Å². The van der Waals surface area contributed by atoms with Gasteiger partial charge in [-0.1, -0.05) is 25.1 Å². The van der Waals surface area contributed by atoms with Crippen LogP contribution in [0.15, 0.2) is 60.8 Å². The van der Waals surface area contributed by atoms with Crippen molar-refractivity contribution in [2.45, 2.75) is 25.2 Å². The van der Waals surface area contributed by atoms with E-state index in [9.17, 15) is 0 Å². The van der Waals surface area contributed by atoms with E-state index in [0.717, 1.165) is 29.7 Å². The lowest BCUT2D eigenvalue weighted by molar-refractivity contribution is -0.528. The molecule has 0 N–H and O–H groups in total. The monoisotopic (exact) mass is 392 g/mol. The first-order valence-electron chi connectivity index (χ1n) is 10.1. The molecule has 3 nitrogen and oxygen atoms in total. The Morgan fingerprint density at radius 3 is 2.93 bits per heavy atom. The van der Waals surface area contributed by atoms with Crippen molar-refractivity contribution in [1.82, 2.24) is 9.97 Å². The van der Waals surface area contributed by atoms with E-state index in [2.05, 4.69) is 72.3 Å². The SMILES string of the molecule is CCC12C=C[n+]3c(ccc4nc(cnc43)C1)-c1cc3sc4ccccc4c3cc12. The molecule has 0 spiro atoms. The van der Waals surface area contributed by atoms with Crippen molar-refractivity contribution in [3.63, 3.8) is 0 Å². The molecular formula is C25H18N3S+. The third-order valence-corrected chi connectivity index (χ3v) is 7.85. The Hall–Kier alpha value is -3.11. The first kappa shape index (κ1) is 15.8. The number of benzene rings is 2. The third-order valence-electron chi connectivity index (χ3n) is 6.72. The lowest BCUT2D eigenvalue weighted by atomic mass is 9.72. The summed E-state index contributed by atoms with van der Waals surface area (Å²) < 4.78 is 4.93. The van der Waals surface area contributed by atoms with E-state index in [1.165, 1.54) is 37.0 Å². The molecule has 5 bridgehead atoms. The maximum atomic E-state index is 4.94. The number of hydrogen-bond donors (Lipinski definition) is 0. The van der Waals surface area contributed by atoms with E-state index in [1.54, 1.807) is 0 Å². The Balaban J connectivity index is 1.71. The van der Waals surface area contributed by atoms with Crippen LogP contribution in [0.5, 0.6) is 0 Å². The molecule has 3 aliphatic rings. The maximum absolute atomic E-state index is 4.94. The Kier molecular flexibility index (Phi) is 2.87. The summed E-state index contributed by atoms with van der Waals surface area (Å²) in [5.41, 5.74) is 6.79. The van der Waals surface area contributed by atoms with Crippen LogP contribution < -0.4 is 4.57 Å². The number of pyridine rings is 1. The normalized spacial score (nSPS) is 19.2. The number of hydrogen-bond acceptors (Lipinski definition) is 3. The van der Waals surface area contributed by atoms with E-state index in [4.69, 9.17) is 9.97 Å². The number of allylic oxidation sites excluding steroid dienone is 1. The van der Waals surface area contributed by atoms with Crippen molar-refractivity contribution >= 4 is 48.9 Å². The molecule has 5 aromatic rings. The van der Waals surface area contributed by atoms with E-state index in [0.29, 0.717) is 0 Å². The average Bonchev–Trinajstić information content (AvgIpc) is 3.11. The second kappa shape index (κ2) is 5.28. The highest BCUT2D eigenvalue weighted by atomic mass is 32.1. The van der Waals surface area contributed by atoms with Gasteiger partial charge in [0.2, 0.25) is 0 Å². The van der Waals surface area contributed by atoms with Crippen LogP contribution in [0, 0.1) is 0 Å². The first-order valence-corrected chi connectivity index (χ1v) is 10.9. The lowest BCUT2D eigenvalue weighted by Crippen LogP contribution is -2.31. The average molecular weight is 393 g/mol. The Morgan fingerprint density at radius 1 is 1.07 bits per heavy atom. The molecule has 0 fully saturated rings. The standard InChI is InChI=1S/C25H18N3S/c1-2-25-9-10-28-21(8-7-20-24(28)26-14-15(13-25)27-20)18-12-23-17(11-19(18)25)16-5-3-4-6-22(16)29-23/h3-12,14H,2,13H2,1H3/q+1. The molecule has 0 aliphatic carbocycles. The fraction of sp³-hybridized carbons (Fsp3) is 0.160. The third kappa shape index (κ3) is 1.94. The molecule has 1 atom stereocenters. The van der Waals surface area contributed by atoms with Gasteiger partial charge < -0.3 is 0 Å². The Morgan fingerprint density at radius 2 is 2.00 bits per heavy atom. The molecule has 1 unspecified atom stereocenters. The largest absolute Gasteiger partial charge is 0.353 e. The van der Waals surface area contributed by atoms with Gasteiger partial charge >= 0.3 is 5.65 Å². The maximum Gasteiger partial charge on any atom is 0.353 e. The summed E-state index contributed by atoms with van der Waals surface area (Å²) in [6.45, 7) is 2.29. The number of thiophene rings is 1. The minimum atomic E-state index is -0.0898. The van der Waals surface area contributed by atoms with Gasteiger partial charge in [0, 0.05) is 37.6 Å². The Labute approximate surface area is 172 Å². The predicted octanol–water partition coefficient (Wildman–Crippen LogP) is 5.64. The van der Waals surface area contributed by atoms with E-state index in [1.807, 2.05) is 17.5 Å². The van der Waals surface area contributed by atoms with Gasteiger partial charge in [-0.15, -0.1) is 11.3 Å². The van der Waals surface area contributed by atoms with Gasteiger partial charge in [0.25, 0.3) is 0 Å². The summed E-state index contributed by atoms with van der Waals surface area (Å²) in [4.78, 5) is 9.72. The minimum Gasteiger partial charge on any atom is -0.241 e. The van der Waals surface area contributed by atoms with Crippen molar-refractivity contribution in [3.8, 4) is 11.3 Å². The van der Waals surface area contributed by atoms with Crippen molar-refractivity contribution in [2.24, 2.45) is 0 Å². The summed E-state index contributed by atoms with van der Waals surface area (Å²) in [5, 5.41) is 2.72. The van der Waals surface area contributed by atoms with Crippen LogP contribution in [-0.4, -0.2) is 9.97 Å². The molecule has 29 heavy (non-hydrogen) atoms. The van der Waals surface area contributed by atoms with Crippen molar-refractivity contribution in [2.75, 3.05) is 0 Å². The second-order valence-electron chi connectivity index (χ2n) is 8.15.